The maximum absolute atomic E-state index is 9.52. The molecule has 4 N–H and O–H groups in total. The number of aliphatic hydroxyl groups is 1. The Labute approximate surface area is 121 Å². The second-order valence-electron chi connectivity index (χ2n) is 5.62. The van der Waals surface area contributed by atoms with Gasteiger partial charge in [0, 0.05) is 6.54 Å². The van der Waals surface area contributed by atoms with Gasteiger partial charge in [0.15, 0.2) is 0 Å². The lowest BCUT2D eigenvalue weighted by Crippen LogP contribution is -2.23. The molecule has 112 valence electrons. The summed E-state index contributed by atoms with van der Waals surface area (Å²) in [7, 11) is 0. The first-order chi connectivity index (χ1) is 9.70. The van der Waals surface area contributed by atoms with E-state index in [9.17, 15) is 5.11 Å². The Bertz CT molecular complexity index is 415. The Balaban J connectivity index is 1.89. The van der Waals surface area contributed by atoms with Crippen LogP contribution in [0, 0.1) is 5.92 Å². The van der Waals surface area contributed by atoms with Gasteiger partial charge in [-0.25, -0.2) is 0 Å². The van der Waals surface area contributed by atoms with Crippen LogP contribution in [0.2, 0.25) is 0 Å². The average molecular weight is 278 g/mol. The lowest BCUT2D eigenvalue weighted by Gasteiger charge is -2.26. The van der Waals surface area contributed by atoms with Crippen LogP contribution in [0.4, 0.5) is 11.4 Å². The number of nitrogens with one attached hydrogen (secondary N) is 1. The van der Waals surface area contributed by atoms with Gasteiger partial charge in [0.05, 0.1) is 24.1 Å². The van der Waals surface area contributed by atoms with Crippen LogP contribution in [-0.4, -0.2) is 24.4 Å². The number of anilines is 2. The minimum atomic E-state index is -0.0953. The summed E-state index contributed by atoms with van der Waals surface area (Å²) in [4.78, 5) is 0. The van der Waals surface area contributed by atoms with Gasteiger partial charge < -0.3 is 20.9 Å². The molecule has 0 bridgehead atoms. The zero-order chi connectivity index (χ0) is 14.4. The first kappa shape index (κ1) is 15.0. The molecule has 1 fully saturated rings. The fourth-order valence-corrected chi connectivity index (χ4v) is 2.64. The number of nitrogens with two attached hydrogens (primary N) is 1. The zero-order valence-electron chi connectivity index (χ0n) is 12.3. The van der Waals surface area contributed by atoms with Gasteiger partial charge in [-0.15, -0.1) is 0 Å². The quantitative estimate of drug-likeness (QED) is 0.700. The standard InChI is InChI=1S/C16H26N2O2/c1-2-10-20-15-5-3-4-14(16(15)17)18-11-12-6-8-13(19)9-7-12/h3-5,12-13,18-19H,2,6-11,17H2,1H3. The highest BCUT2D eigenvalue weighted by molar-refractivity contribution is 5.72. The van der Waals surface area contributed by atoms with Gasteiger partial charge in [0.2, 0.25) is 0 Å². The number of benzene rings is 1. The second-order valence-corrected chi connectivity index (χ2v) is 5.62. The van der Waals surface area contributed by atoms with Crippen molar-refractivity contribution in [3.63, 3.8) is 0 Å². The van der Waals surface area contributed by atoms with Gasteiger partial charge in [0.25, 0.3) is 0 Å². The molecule has 0 aliphatic heterocycles. The Kier molecular flexibility index (Phi) is 5.53. The maximum Gasteiger partial charge on any atom is 0.144 e. The van der Waals surface area contributed by atoms with Gasteiger partial charge >= 0.3 is 0 Å². The van der Waals surface area contributed by atoms with E-state index in [-0.39, 0.29) is 6.10 Å². The van der Waals surface area contributed by atoms with Crippen molar-refractivity contribution in [1.82, 2.24) is 0 Å². The number of para-hydroxylation sites is 1. The van der Waals surface area contributed by atoms with Crippen LogP contribution in [0.5, 0.6) is 5.75 Å². The smallest absolute Gasteiger partial charge is 0.144 e. The number of rotatable bonds is 6. The van der Waals surface area contributed by atoms with Crippen molar-refractivity contribution in [1.29, 1.82) is 0 Å². The van der Waals surface area contributed by atoms with E-state index >= 15 is 0 Å². The molecule has 4 nitrogen and oxygen atoms in total. The monoisotopic (exact) mass is 278 g/mol. The molecule has 0 heterocycles. The summed E-state index contributed by atoms with van der Waals surface area (Å²) >= 11 is 0. The van der Waals surface area contributed by atoms with Crippen LogP contribution in [0.25, 0.3) is 0 Å². The summed E-state index contributed by atoms with van der Waals surface area (Å²) in [6.45, 7) is 3.68. The molecule has 1 aliphatic rings. The van der Waals surface area contributed by atoms with E-state index in [1.807, 2.05) is 18.2 Å². The van der Waals surface area contributed by atoms with Crippen molar-refractivity contribution in [3.05, 3.63) is 18.2 Å². The highest BCUT2D eigenvalue weighted by atomic mass is 16.5. The normalized spacial score (nSPS) is 22.5. The summed E-state index contributed by atoms with van der Waals surface area (Å²) in [5, 5.41) is 12.9. The first-order valence-corrected chi connectivity index (χ1v) is 7.64. The molecule has 1 aromatic carbocycles. The van der Waals surface area contributed by atoms with Crippen molar-refractivity contribution in [2.45, 2.75) is 45.1 Å². The summed E-state index contributed by atoms with van der Waals surface area (Å²) in [5.41, 5.74) is 7.77. The molecule has 0 saturated heterocycles. The van der Waals surface area contributed by atoms with E-state index in [0.29, 0.717) is 18.2 Å². The molecule has 1 saturated carbocycles. The van der Waals surface area contributed by atoms with Crippen LogP contribution in [0.1, 0.15) is 39.0 Å². The third-order valence-electron chi connectivity index (χ3n) is 3.93. The van der Waals surface area contributed by atoms with Crippen molar-refractivity contribution in [2.75, 3.05) is 24.2 Å². The van der Waals surface area contributed by atoms with E-state index < -0.39 is 0 Å². The molecule has 4 heteroatoms. The van der Waals surface area contributed by atoms with E-state index in [2.05, 4.69) is 12.2 Å². The number of hydrogen-bond acceptors (Lipinski definition) is 4. The predicted octanol–water partition coefficient (Wildman–Crippen LogP) is 3.02. The minimum absolute atomic E-state index is 0.0953. The van der Waals surface area contributed by atoms with Gasteiger partial charge in [-0.05, 0) is 50.2 Å². The minimum Gasteiger partial charge on any atom is -0.491 e. The summed E-state index contributed by atoms with van der Waals surface area (Å²) in [5.74, 6) is 1.38. The molecule has 0 spiro atoms. The van der Waals surface area contributed by atoms with Crippen molar-refractivity contribution in [3.8, 4) is 5.75 Å². The van der Waals surface area contributed by atoms with Gasteiger partial charge in [-0.2, -0.15) is 0 Å². The molecular formula is C16H26N2O2. The van der Waals surface area contributed by atoms with Crippen LogP contribution < -0.4 is 15.8 Å². The van der Waals surface area contributed by atoms with Gasteiger partial charge in [-0.1, -0.05) is 13.0 Å². The summed E-state index contributed by atoms with van der Waals surface area (Å²) in [6.07, 6.45) is 4.88. The zero-order valence-corrected chi connectivity index (χ0v) is 12.3. The molecule has 1 aliphatic carbocycles. The fraction of sp³-hybridized carbons (Fsp3) is 0.625. The third-order valence-corrected chi connectivity index (χ3v) is 3.93. The molecule has 0 atom stereocenters. The molecule has 0 radical (unpaired) electrons. The number of ether oxygens (including phenoxy) is 1. The van der Waals surface area contributed by atoms with Crippen LogP contribution >= 0.6 is 0 Å². The Hall–Kier alpha value is -1.42. The van der Waals surface area contributed by atoms with Crippen LogP contribution in [0.3, 0.4) is 0 Å². The largest absolute Gasteiger partial charge is 0.491 e. The lowest BCUT2D eigenvalue weighted by molar-refractivity contribution is 0.111. The second kappa shape index (κ2) is 7.39. The van der Waals surface area contributed by atoms with E-state index in [4.69, 9.17) is 10.5 Å². The lowest BCUT2D eigenvalue weighted by atomic mass is 9.87. The van der Waals surface area contributed by atoms with Gasteiger partial charge in [0.1, 0.15) is 5.75 Å². The molecule has 20 heavy (non-hydrogen) atoms. The van der Waals surface area contributed by atoms with Crippen LogP contribution in [0.15, 0.2) is 18.2 Å². The van der Waals surface area contributed by atoms with Crippen molar-refractivity contribution < 1.29 is 9.84 Å². The van der Waals surface area contributed by atoms with E-state index in [1.54, 1.807) is 0 Å². The SMILES string of the molecule is CCCOc1cccc(NCC2CCC(O)CC2)c1N. The first-order valence-electron chi connectivity index (χ1n) is 7.64. The topological polar surface area (TPSA) is 67.5 Å². The Morgan fingerprint density at radius 3 is 2.75 bits per heavy atom. The number of nitrogen functional groups attached to an aromatic ring is 1. The van der Waals surface area contributed by atoms with Crippen molar-refractivity contribution in [2.24, 2.45) is 5.92 Å². The predicted molar refractivity (Wildman–Crippen MR) is 83.1 cm³/mol. The Morgan fingerprint density at radius 2 is 2.05 bits per heavy atom. The molecule has 0 aromatic heterocycles. The average Bonchev–Trinajstić information content (AvgIpc) is 2.47. The fourth-order valence-electron chi connectivity index (χ4n) is 2.64. The number of hydrogen-bond donors (Lipinski definition) is 3. The van der Waals surface area contributed by atoms with E-state index in [0.717, 1.165) is 50.1 Å². The molecule has 0 unspecified atom stereocenters. The highest BCUT2D eigenvalue weighted by Gasteiger charge is 2.19. The van der Waals surface area contributed by atoms with Crippen molar-refractivity contribution >= 4 is 11.4 Å². The summed E-state index contributed by atoms with van der Waals surface area (Å²) in [6, 6.07) is 5.87. The number of aliphatic hydroxyl groups excluding tert-OH is 1. The molecular weight excluding hydrogens is 252 g/mol. The highest BCUT2D eigenvalue weighted by Crippen LogP contribution is 2.31. The Morgan fingerprint density at radius 1 is 1.30 bits per heavy atom. The molecule has 1 aromatic rings. The van der Waals surface area contributed by atoms with Crippen LogP contribution in [-0.2, 0) is 0 Å². The molecule has 2 rings (SSSR count). The summed E-state index contributed by atoms with van der Waals surface area (Å²) < 4.78 is 5.63. The maximum atomic E-state index is 9.52. The van der Waals surface area contributed by atoms with E-state index in [1.165, 1.54) is 0 Å². The third kappa shape index (κ3) is 4.04. The van der Waals surface area contributed by atoms with Gasteiger partial charge in [-0.3, -0.25) is 0 Å². The molecule has 0 amide bonds.